The predicted octanol–water partition coefficient (Wildman–Crippen LogP) is 3.85. The second-order valence-corrected chi connectivity index (χ2v) is 6.36. The number of rotatable bonds is 2. The van der Waals surface area contributed by atoms with Crippen LogP contribution < -0.4 is 5.32 Å². The minimum atomic E-state index is 0.0699. The van der Waals surface area contributed by atoms with E-state index in [0.29, 0.717) is 0 Å². The first kappa shape index (κ1) is 13.0. The molecule has 18 heavy (non-hydrogen) atoms. The van der Waals surface area contributed by atoms with Crippen LogP contribution in [0.1, 0.15) is 32.2 Å². The Kier molecular flexibility index (Phi) is 3.39. The molecule has 0 amide bonds. The molecule has 0 bridgehead atoms. The summed E-state index contributed by atoms with van der Waals surface area (Å²) < 4.78 is 0. The average Bonchev–Trinajstić information content (AvgIpc) is 2.70. The van der Waals surface area contributed by atoms with E-state index in [1.165, 1.54) is 10.4 Å². The van der Waals surface area contributed by atoms with Crippen LogP contribution in [0.25, 0.3) is 10.4 Å². The van der Waals surface area contributed by atoms with Crippen LogP contribution in [-0.4, -0.2) is 17.0 Å². The molecular formula is C14H19N3S. The molecule has 0 aliphatic rings. The lowest BCUT2D eigenvalue weighted by Gasteiger charge is -2.18. The number of pyridine rings is 1. The van der Waals surface area contributed by atoms with Crippen molar-refractivity contribution in [3.8, 4) is 10.4 Å². The van der Waals surface area contributed by atoms with E-state index < -0.39 is 0 Å². The second kappa shape index (κ2) is 4.69. The van der Waals surface area contributed by atoms with E-state index in [1.54, 1.807) is 11.3 Å². The Balaban J connectivity index is 2.47. The number of aromatic nitrogens is 2. The summed E-state index contributed by atoms with van der Waals surface area (Å²) in [6.07, 6.45) is 1.88. The highest BCUT2D eigenvalue weighted by molar-refractivity contribution is 7.19. The molecule has 1 N–H and O–H groups in total. The zero-order valence-corrected chi connectivity index (χ0v) is 12.4. The summed E-state index contributed by atoms with van der Waals surface area (Å²) >= 11 is 1.68. The summed E-state index contributed by atoms with van der Waals surface area (Å²) in [5.74, 6) is 0. The molecule has 0 unspecified atom stereocenters. The zero-order chi connectivity index (χ0) is 13.3. The molecule has 3 nitrogen and oxygen atoms in total. The molecule has 0 aliphatic carbocycles. The van der Waals surface area contributed by atoms with E-state index in [-0.39, 0.29) is 5.41 Å². The minimum absolute atomic E-state index is 0.0699. The van der Waals surface area contributed by atoms with E-state index in [2.05, 4.69) is 48.2 Å². The number of nitrogens with zero attached hydrogens (tertiary/aromatic N) is 2. The van der Waals surface area contributed by atoms with Gasteiger partial charge >= 0.3 is 0 Å². The van der Waals surface area contributed by atoms with Gasteiger partial charge in [-0.25, -0.2) is 4.98 Å². The number of hydrogen-bond donors (Lipinski definition) is 1. The van der Waals surface area contributed by atoms with Crippen LogP contribution in [0.15, 0.2) is 18.3 Å². The normalized spacial score (nSPS) is 11.6. The Morgan fingerprint density at radius 1 is 1.28 bits per heavy atom. The standard InChI is InChI=1S/C14H19N3S/c1-9-12(18-13(15-5)17-9)10-6-7-16-11(8-10)14(2,3)4/h6-8H,1-5H3,(H,15,17). The zero-order valence-electron chi connectivity index (χ0n) is 11.5. The molecule has 0 spiro atoms. The lowest BCUT2D eigenvalue weighted by Crippen LogP contribution is -2.13. The van der Waals surface area contributed by atoms with Crippen LogP contribution in [-0.2, 0) is 5.41 Å². The molecule has 0 aromatic carbocycles. The number of hydrogen-bond acceptors (Lipinski definition) is 4. The molecule has 0 saturated carbocycles. The summed E-state index contributed by atoms with van der Waals surface area (Å²) in [7, 11) is 1.90. The van der Waals surface area contributed by atoms with Gasteiger partial charge in [0.2, 0.25) is 0 Å². The van der Waals surface area contributed by atoms with Crippen molar-refractivity contribution < 1.29 is 0 Å². The van der Waals surface area contributed by atoms with Crippen LogP contribution in [0.3, 0.4) is 0 Å². The van der Waals surface area contributed by atoms with Crippen molar-refractivity contribution in [2.45, 2.75) is 33.1 Å². The molecular weight excluding hydrogens is 242 g/mol. The summed E-state index contributed by atoms with van der Waals surface area (Å²) in [5.41, 5.74) is 3.45. The van der Waals surface area contributed by atoms with Crippen molar-refractivity contribution in [3.05, 3.63) is 29.7 Å². The molecule has 0 aliphatic heterocycles. The molecule has 0 atom stereocenters. The highest BCUT2D eigenvalue weighted by atomic mass is 32.1. The van der Waals surface area contributed by atoms with Gasteiger partial charge in [-0.15, -0.1) is 0 Å². The van der Waals surface area contributed by atoms with Crippen LogP contribution in [0.4, 0.5) is 5.13 Å². The maximum Gasteiger partial charge on any atom is 0.183 e. The third kappa shape index (κ3) is 2.53. The lowest BCUT2D eigenvalue weighted by molar-refractivity contribution is 0.569. The highest BCUT2D eigenvalue weighted by Crippen LogP contribution is 2.33. The predicted molar refractivity (Wildman–Crippen MR) is 78.3 cm³/mol. The van der Waals surface area contributed by atoms with Crippen molar-refractivity contribution in [2.24, 2.45) is 0 Å². The quantitative estimate of drug-likeness (QED) is 0.892. The van der Waals surface area contributed by atoms with Crippen molar-refractivity contribution in [1.29, 1.82) is 0 Å². The second-order valence-electron chi connectivity index (χ2n) is 5.36. The van der Waals surface area contributed by atoms with E-state index in [0.717, 1.165) is 16.5 Å². The summed E-state index contributed by atoms with van der Waals surface area (Å²) in [4.78, 5) is 10.2. The molecule has 0 radical (unpaired) electrons. The van der Waals surface area contributed by atoms with Gasteiger partial charge in [-0.2, -0.15) is 0 Å². The molecule has 0 saturated heterocycles. The highest BCUT2D eigenvalue weighted by Gasteiger charge is 2.17. The topological polar surface area (TPSA) is 37.8 Å². The fourth-order valence-corrected chi connectivity index (χ4v) is 2.67. The van der Waals surface area contributed by atoms with E-state index in [1.807, 2.05) is 20.2 Å². The SMILES string of the molecule is CNc1nc(C)c(-c2ccnc(C(C)(C)C)c2)s1. The fraction of sp³-hybridized carbons (Fsp3) is 0.429. The molecule has 2 rings (SSSR count). The molecule has 2 aromatic rings. The Hall–Kier alpha value is -1.42. The fourth-order valence-electron chi connectivity index (χ4n) is 1.75. The van der Waals surface area contributed by atoms with Gasteiger partial charge in [0.25, 0.3) is 0 Å². The minimum Gasteiger partial charge on any atom is -0.365 e. The van der Waals surface area contributed by atoms with Crippen LogP contribution in [0.2, 0.25) is 0 Å². The Bertz CT molecular complexity index is 552. The van der Waals surface area contributed by atoms with Crippen LogP contribution in [0.5, 0.6) is 0 Å². The largest absolute Gasteiger partial charge is 0.365 e. The number of nitrogens with one attached hydrogen (secondary N) is 1. The van der Waals surface area contributed by atoms with Gasteiger partial charge in [0, 0.05) is 24.4 Å². The van der Waals surface area contributed by atoms with E-state index in [9.17, 15) is 0 Å². The average molecular weight is 261 g/mol. The van der Waals surface area contributed by atoms with Gasteiger partial charge in [0.1, 0.15) is 0 Å². The van der Waals surface area contributed by atoms with Crippen molar-refractivity contribution in [3.63, 3.8) is 0 Å². The van der Waals surface area contributed by atoms with E-state index >= 15 is 0 Å². The molecule has 2 heterocycles. The van der Waals surface area contributed by atoms with Crippen LogP contribution in [0, 0.1) is 6.92 Å². The van der Waals surface area contributed by atoms with Gasteiger partial charge in [0.15, 0.2) is 5.13 Å². The smallest absolute Gasteiger partial charge is 0.183 e. The third-order valence-electron chi connectivity index (χ3n) is 2.80. The van der Waals surface area contributed by atoms with Gasteiger partial charge < -0.3 is 5.32 Å². The van der Waals surface area contributed by atoms with Gasteiger partial charge in [0.05, 0.1) is 10.6 Å². The van der Waals surface area contributed by atoms with Crippen molar-refractivity contribution >= 4 is 16.5 Å². The summed E-state index contributed by atoms with van der Waals surface area (Å²) in [6.45, 7) is 8.58. The first-order valence-electron chi connectivity index (χ1n) is 6.04. The van der Waals surface area contributed by atoms with Gasteiger partial charge in [-0.3, -0.25) is 4.98 Å². The number of aryl methyl sites for hydroxylation is 1. The van der Waals surface area contributed by atoms with Gasteiger partial charge in [-0.1, -0.05) is 32.1 Å². The Labute approximate surface area is 112 Å². The summed E-state index contributed by atoms with van der Waals surface area (Å²) in [5, 5.41) is 4.05. The van der Waals surface area contributed by atoms with Crippen molar-refractivity contribution in [1.82, 2.24) is 9.97 Å². The Morgan fingerprint density at radius 2 is 2.00 bits per heavy atom. The number of thiazole rings is 1. The lowest BCUT2D eigenvalue weighted by atomic mass is 9.90. The first-order chi connectivity index (χ1) is 8.41. The maximum atomic E-state index is 4.48. The summed E-state index contributed by atoms with van der Waals surface area (Å²) in [6, 6.07) is 4.22. The molecule has 4 heteroatoms. The van der Waals surface area contributed by atoms with Crippen LogP contribution >= 0.6 is 11.3 Å². The van der Waals surface area contributed by atoms with E-state index in [4.69, 9.17) is 0 Å². The molecule has 2 aromatic heterocycles. The first-order valence-corrected chi connectivity index (χ1v) is 6.85. The van der Waals surface area contributed by atoms with Gasteiger partial charge in [-0.05, 0) is 24.6 Å². The van der Waals surface area contributed by atoms with Crippen molar-refractivity contribution in [2.75, 3.05) is 12.4 Å². The Morgan fingerprint density at radius 3 is 2.56 bits per heavy atom. The maximum absolute atomic E-state index is 4.48. The molecule has 0 fully saturated rings. The monoisotopic (exact) mass is 261 g/mol. The third-order valence-corrected chi connectivity index (χ3v) is 4.03. The molecule has 96 valence electrons. The number of anilines is 1.